The van der Waals surface area contributed by atoms with Crippen LogP contribution in [0.15, 0.2) is 36.4 Å². The molecule has 0 aliphatic carbocycles. The monoisotopic (exact) mass is 420 g/mol. The number of nitrogens with zero attached hydrogens (tertiary/aromatic N) is 2. The lowest BCUT2D eigenvalue weighted by Crippen LogP contribution is -2.41. The minimum atomic E-state index is -3.18. The first kappa shape index (κ1) is 23.3. The first-order valence-corrected chi connectivity index (χ1v) is 11.9. The van der Waals surface area contributed by atoms with Crippen LogP contribution in [0.4, 0.5) is 5.69 Å². The van der Waals surface area contributed by atoms with Crippen molar-refractivity contribution < 1.29 is 18.0 Å². The highest BCUT2D eigenvalue weighted by molar-refractivity contribution is 7.88. The predicted molar refractivity (Wildman–Crippen MR) is 116 cm³/mol. The number of hydrogen-bond acceptors (Lipinski definition) is 4. The number of sulfonamides is 1. The topological polar surface area (TPSA) is 74.8 Å². The molecular formula is C22H32N2O4S. The van der Waals surface area contributed by atoms with Crippen molar-refractivity contribution in [3.05, 3.63) is 42.0 Å². The quantitative estimate of drug-likeness (QED) is 0.606. The summed E-state index contributed by atoms with van der Waals surface area (Å²) >= 11 is 0. The summed E-state index contributed by atoms with van der Waals surface area (Å²) in [6.07, 6.45) is 2.94. The Morgan fingerprint density at radius 1 is 1.24 bits per heavy atom. The van der Waals surface area contributed by atoms with E-state index in [9.17, 15) is 18.0 Å². The Hall–Kier alpha value is -1.99. The predicted octanol–water partition coefficient (Wildman–Crippen LogP) is 3.17. The van der Waals surface area contributed by atoms with Gasteiger partial charge in [0.05, 0.1) is 6.26 Å². The molecule has 6 nitrogen and oxygen atoms in total. The number of Topliss-reactive ketones (excluding diaryl/α,β-unsaturated/α-hetero) is 1. The SMILES string of the molecule is C=C(C(C)=O)[C@@H](C)CN(C(=O)CC1CCN(S(C)(=O)=O)CC1)c1ccccc1C. The van der Waals surface area contributed by atoms with Crippen LogP contribution in [0.1, 0.15) is 38.7 Å². The number of anilines is 1. The third-order valence-corrected chi connectivity index (χ3v) is 7.02. The second kappa shape index (κ2) is 9.67. The third-order valence-electron chi connectivity index (χ3n) is 5.72. The Balaban J connectivity index is 2.14. The van der Waals surface area contributed by atoms with Crippen molar-refractivity contribution in [2.75, 3.05) is 30.8 Å². The highest BCUT2D eigenvalue weighted by Crippen LogP contribution is 2.27. The molecule has 1 fully saturated rings. The number of aryl methyl sites for hydroxylation is 1. The molecule has 160 valence electrons. The van der Waals surface area contributed by atoms with Gasteiger partial charge in [0.15, 0.2) is 5.78 Å². The van der Waals surface area contributed by atoms with Gasteiger partial charge in [-0.15, -0.1) is 0 Å². The zero-order chi connectivity index (χ0) is 21.8. The van der Waals surface area contributed by atoms with E-state index in [0.29, 0.717) is 44.5 Å². The van der Waals surface area contributed by atoms with E-state index >= 15 is 0 Å². The number of carbonyl (C=O) groups excluding carboxylic acids is 2. The third kappa shape index (κ3) is 6.24. The summed E-state index contributed by atoms with van der Waals surface area (Å²) in [7, 11) is -3.18. The van der Waals surface area contributed by atoms with Crippen molar-refractivity contribution in [3.8, 4) is 0 Å². The van der Waals surface area contributed by atoms with Gasteiger partial charge in [0.2, 0.25) is 15.9 Å². The van der Waals surface area contributed by atoms with Gasteiger partial charge in [0.1, 0.15) is 0 Å². The van der Waals surface area contributed by atoms with Crippen LogP contribution in [0.25, 0.3) is 0 Å². The number of amides is 1. The minimum absolute atomic E-state index is 0.000285. The van der Waals surface area contributed by atoms with E-state index in [4.69, 9.17) is 0 Å². The lowest BCUT2D eigenvalue weighted by atomic mass is 9.93. The van der Waals surface area contributed by atoms with Gasteiger partial charge in [-0.1, -0.05) is 31.7 Å². The van der Waals surface area contributed by atoms with Gasteiger partial charge in [-0.3, -0.25) is 9.59 Å². The largest absolute Gasteiger partial charge is 0.312 e. The van der Waals surface area contributed by atoms with Crippen molar-refractivity contribution in [1.82, 2.24) is 4.31 Å². The van der Waals surface area contributed by atoms with Crippen LogP contribution in [0.3, 0.4) is 0 Å². The van der Waals surface area contributed by atoms with E-state index in [1.807, 2.05) is 38.1 Å². The number of benzene rings is 1. The summed E-state index contributed by atoms with van der Waals surface area (Å²) in [5, 5.41) is 0. The Labute approximate surface area is 174 Å². The molecule has 0 spiro atoms. The molecule has 1 aliphatic heterocycles. The van der Waals surface area contributed by atoms with Gasteiger partial charge < -0.3 is 4.90 Å². The number of hydrogen-bond donors (Lipinski definition) is 0. The van der Waals surface area contributed by atoms with Crippen molar-refractivity contribution in [1.29, 1.82) is 0 Å². The Morgan fingerprint density at radius 2 is 1.83 bits per heavy atom. The molecule has 1 atom stereocenters. The van der Waals surface area contributed by atoms with Crippen molar-refractivity contribution in [2.24, 2.45) is 11.8 Å². The highest BCUT2D eigenvalue weighted by atomic mass is 32.2. The maximum atomic E-state index is 13.2. The summed E-state index contributed by atoms with van der Waals surface area (Å²) in [5.74, 6) is -0.0652. The molecule has 0 unspecified atom stereocenters. The molecule has 1 saturated heterocycles. The number of rotatable bonds is 8. The fourth-order valence-corrected chi connectivity index (χ4v) is 4.61. The molecular weight excluding hydrogens is 388 g/mol. The minimum Gasteiger partial charge on any atom is -0.312 e. The molecule has 0 saturated carbocycles. The number of ketones is 1. The zero-order valence-corrected chi connectivity index (χ0v) is 18.7. The maximum absolute atomic E-state index is 13.2. The van der Waals surface area contributed by atoms with E-state index < -0.39 is 10.0 Å². The number of piperidine rings is 1. The molecule has 7 heteroatoms. The summed E-state index contributed by atoms with van der Waals surface area (Å²) in [4.78, 5) is 26.7. The molecule has 1 heterocycles. The molecule has 1 amide bonds. The smallest absolute Gasteiger partial charge is 0.227 e. The normalized spacial score (nSPS) is 17.0. The Bertz CT molecular complexity index is 871. The van der Waals surface area contributed by atoms with E-state index in [2.05, 4.69) is 6.58 Å². The lowest BCUT2D eigenvalue weighted by molar-refractivity contribution is -0.120. The molecule has 29 heavy (non-hydrogen) atoms. The summed E-state index contributed by atoms with van der Waals surface area (Å²) in [6.45, 7) is 10.6. The van der Waals surface area contributed by atoms with Crippen LogP contribution in [0.5, 0.6) is 0 Å². The van der Waals surface area contributed by atoms with Crippen LogP contribution in [-0.2, 0) is 19.6 Å². The van der Waals surface area contributed by atoms with E-state index in [0.717, 1.165) is 11.3 Å². The second-order valence-electron chi connectivity index (χ2n) is 8.08. The van der Waals surface area contributed by atoms with Gasteiger partial charge >= 0.3 is 0 Å². The summed E-state index contributed by atoms with van der Waals surface area (Å²) in [6, 6.07) is 7.71. The number of para-hydroxylation sites is 1. The van der Waals surface area contributed by atoms with Crippen molar-refractivity contribution in [3.63, 3.8) is 0 Å². The van der Waals surface area contributed by atoms with Gasteiger partial charge in [0, 0.05) is 37.7 Å². The summed E-state index contributed by atoms with van der Waals surface area (Å²) in [5.41, 5.74) is 2.35. The fourth-order valence-electron chi connectivity index (χ4n) is 3.73. The fraction of sp³-hybridized carbons (Fsp3) is 0.545. The van der Waals surface area contributed by atoms with Gasteiger partial charge in [-0.25, -0.2) is 12.7 Å². The van der Waals surface area contributed by atoms with Crippen molar-refractivity contribution >= 4 is 27.4 Å². The average molecular weight is 421 g/mol. The first-order chi connectivity index (χ1) is 13.5. The average Bonchev–Trinajstić information content (AvgIpc) is 2.65. The summed E-state index contributed by atoms with van der Waals surface area (Å²) < 4.78 is 24.9. The number of carbonyl (C=O) groups is 2. The van der Waals surface area contributed by atoms with Crippen molar-refractivity contribution in [2.45, 2.75) is 40.0 Å². The zero-order valence-electron chi connectivity index (χ0n) is 17.8. The van der Waals surface area contributed by atoms with Gasteiger partial charge in [0.25, 0.3) is 0 Å². The first-order valence-electron chi connectivity index (χ1n) is 10.0. The lowest BCUT2D eigenvalue weighted by Gasteiger charge is -2.33. The van der Waals surface area contributed by atoms with Crippen LogP contribution < -0.4 is 4.90 Å². The van der Waals surface area contributed by atoms with Gasteiger partial charge in [-0.05, 0) is 49.8 Å². The van der Waals surface area contributed by atoms with Crippen LogP contribution >= 0.6 is 0 Å². The van der Waals surface area contributed by atoms with Crippen LogP contribution in [-0.4, -0.2) is 50.3 Å². The molecule has 1 aliphatic rings. The Morgan fingerprint density at radius 3 is 2.34 bits per heavy atom. The molecule has 0 aromatic heterocycles. The molecule has 2 rings (SSSR count). The van der Waals surface area contributed by atoms with E-state index in [1.54, 1.807) is 4.90 Å². The van der Waals surface area contributed by atoms with Gasteiger partial charge in [-0.2, -0.15) is 0 Å². The van der Waals surface area contributed by atoms with E-state index in [1.165, 1.54) is 17.5 Å². The standard InChI is InChI=1S/C22H32N2O4S/c1-16-8-6-7-9-21(16)24(15-17(2)18(3)19(4)25)22(26)14-20-10-12-23(13-11-20)29(5,27)28/h6-9,17,20H,3,10-15H2,1-2,4-5H3/t17-/m0/s1. The molecule has 0 radical (unpaired) electrons. The van der Waals surface area contributed by atoms with Crippen LogP contribution in [0.2, 0.25) is 0 Å². The molecule has 1 aromatic rings. The second-order valence-corrected chi connectivity index (χ2v) is 10.1. The Kier molecular flexibility index (Phi) is 7.77. The highest BCUT2D eigenvalue weighted by Gasteiger charge is 2.29. The maximum Gasteiger partial charge on any atom is 0.227 e. The molecule has 0 N–H and O–H groups in total. The molecule has 1 aromatic carbocycles. The van der Waals surface area contributed by atoms with E-state index in [-0.39, 0.29) is 23.5 Å². The molecule has 0 bridgehead atoms. The van der Waals surface area contributed by atoms with Crippen LogP contribution in [0, 0.1) is 18.8 Å².